The van der Waals surface area contributed by atoms with Gasteiger partial charge in [0.25, 0.3) is 11.8 Å². The number of aromatic nitrogens is 1. The Labute approximate surface area is 370 Å². The summed E-state index contributed by atoms with van der Waals surface area (Å²) in [5.74, 6) is -7.35. The molecule has 5 aliphatic rings. The molecule has 12 nitrogen and oxygen atoms in total. The van der Waals surface area contributed by atoms with E-state index in [9.17, 15) is 27.9 Å². The first kappa shape index (κ1) is 42.7. The van der Waals surface area contributed by atoms with E-state index in [4.69, 9.17) is 32.7 Å². The molecule has 6 atom stereocenters. The van der Waals surface area contributed by atoms with Crippen LogP contribution in [0.1, 0.15) is 53.9 Å². The molecule has 6 unspecified atom stereocenters. The van der Waals surface area contributed by atoms with Crippen molar-refractivity contribution in [2.24, 2.45) is 23.7 Å². The molecule has 4 heterocycles. The highest BCUT2D eigenvalue weighted by Crippen LogP contribution is 2.65. The number of amides is 4. The fourth-order valence-corrected chi connectivity index (χ4v) is 11.1. The third-order valence-corrected chi connectivity index (χ3v) is 14.1. The maximum Gasteiger partial charge on any atom is 0.417 e. The Balaban J connectivity index is 1.14. The number of halogens is 5. The number of ether oxygens (including phenoxy) is 2. The second-order valence-corrected chi connectivity index (χ2v) is 17.6. The molecule has 63 heavy (non-hydrogen) atoms. The maximum absolute atomic E-state index is 15.6. The molecule has 0 radical (unpaired) electrons. The molecule has 1 saturated carbocycles. The number of aromatic hydroxyl groups is 1. The van der Waals surface area contributed by atoms with Crippen molar-refractivity contribution in [2.75, 3.05) is 32.7 Å². The number of hydrazine groups is 1. The van der Waals surface area contributed by atoms with Crippen molar-refractivity contribution in [3.63, 3.8) is 0 Å². The highest BCUT2D eigenvalue weighted by atomic mass is 35.5. The number of pyridine rings is 1. The molecular formula is C46H42Cl2F3N5O7. The average Bonchev–Trinajstić information content (AvgIpc) is 3.65. The summed E-state index contributed by atoms with van der Waals surface area (Å²) in [5, 5.41) is 11.7. The largest absolute Gasteiger partial charge is 0.502 e. The van der Waals surface area contributed by atoms with Crippen LogP contribution in [0.5, 0.6) is 17.2 Å². The number of nitrogens with one attached hydrogen (secondary N) is 1. The lowest BCUT2D eigenvalue weighted by molar-refractivity contribution is -0.144. The van der Waals surface area contributed by atoms with Crippen LogP contribution in [0.4, 0.5) is 19.0 Å². The Kier molecular flexibility index (Phi) is 10.9. The van der Waals surface area contributed by atoms with Crippen molar-refractivity contribution in [3.8, 4) is 17.2 Å². The van der Waals surface area contributed by atoms with Crippen molar-refractivity contribution < 1.29 is 46.9 Å². The van der Waals surface area contributed by atoms with Gasteiger partial charge in [-0.2, -0.15) is 18.2 Å². The first-order valence-electron chi connectivity index (χ1n) is 20.6. The number of phenolic OH excluding ortho intramolecular Hbond substituents is 1. The molecule has 328 valence electrons. The number of nitrogens with zero attached hydrogens (tertiary/aromatic N) is 4. The van der Waals surface area contributed by atoms with E-state index in [1.54, 1.807) is 36.4 Å². The summed E-state index contributed by atoms with van der Waals surface area (Å²) in [6, 6.07) is 19.9. The summed E-state index contributed by atoms with van der Waals surface area (Å²) in [6.07, 6.45) is -0.989. The van der Waals surface area contributed by atoms with Crippen LogP contribution < -0.4 is 14.9 Å². The van der Waals surface area contributed by atoms with Crippen LogP contribution in [0.25, 0.3) is 0 Å². The van der Waals surface area contributed by atoms with E-state index in [-0.39, 0.29) is 53.8 Å². The lowest BCUT2D eigenvalue weighted by atomic mass is 9.49. The van der Waals surface area contributed by atoms with Gasteiger partial charge in [0.15, 0.2) is 17.3 Å². The Morgan fingerprint density at radius 1 is 0.889 bits per heavy atom. The minimum Gasteiger partial charge on any atom is -0.502 e. The molecule has 3 aromatic carbocycles. The number of rotatable bonds is 9. The molecule has 4 fully saturated rings. The summed E-state index contributed by atoms with van der Waals surface area (Å²) >= 11 is 12.7. The van der Waals surface area contributed by atoms with Crippen molar-refractivity contribution in [3.05, 3.63) is 123 Å². The summed E-state index contributed by atoms with van der Waals surface area (Å²) in [7, 11) is 2.70. The molecular weight excluding hydrogens is 862 g/mol. The van der Waals surface area contributed by atoms with E-state index in [0.29, 0.717) is 59.9 Å². The molecule has 0 spiro atoms. The third kappa shape index (κ3) is 6.99. The predicted octanol–water partition coefficient (Wildman–Crippen LogP) is 7.78. The SMILES string of the molecule is COc1cc(C2C3=CCC4C(=O)N(C5CCN(Cc6ccccc6)CC5)C(=O)C4C3CC3C(=O)N(Nc4ncc(C(F)(F)F)cc4Cl)C(=O)C32c2ccc(Cl)cc2)cc(OC)c1O. The zero-order valence-corrected chi connectivity index (χ0v) is 35.6. The number of carbonyl (C=O) groups excluding carboxylic acids is 4. The zero-order valence-electron chi connectivity index (χ0n) is 34.1. The minimum atomic E-state index is -4.77. The minimum absolute atomic E-state index is 0.00737. The summed E-state index contributed by atoms with van der Waals surface area (Å²) in [4.78, 5) is 67.6. The van der Waals surface area contributed by atoms with Gasteiger partial charge >= 0.3 is 6.18 Å². The van der Waals surface area contributed by atoms with Gasteiger partial charge < -0.3 is 14.6 Å². The molecule has 2 aliphatic carbocycles. The number of methoxy groups -OCH3 is 2. The Hall–Kier alpha value is -5.64. The summed E-state index contributed by atoms with van der Waals surface area (Å²) in [5.41, 5.74) is 2.28. The first-order chi connectivity index (χ1) is 30.2. The number of fused-ring (bicyclic) bond motifs is 4. The second-order valence-electron chi connectivity index (χ2n) is 16.7. The number of benzene rings is 3. The number of hydrogen-bond acceptors (Lipinski definition) is 10. The first-order valence-corrected chi connectivity index (χ1v) is 21.3. The van der Waals surface area contributed by atoms with Gasteiger partial charge in [-0.1, -0.05) is 77.3 Å². The van der Waals surface area contributed by atoms with Crippen LogP contribution in [0, 0.1) is 23.7 Å². The molecule has 2 N–H and O–H groups in total. The van der Waals surface area contributed by atoms with Gasteiger partial charge in [-0.3, -0.25) is 34.4 Å². The number of allylic oxidation sites excluding steroid dienone is 2. The Morgan fingerprint density at radius 2 is 1.56 bits per heavy atom. The molecule has 3 aliphatic heterocycles. The van der Waals surface area contributed by atoms with Crippen molar-refractivity contribution in [1.82, 2.24) is 19.8 Å². The van der Waals surface area contributed by atoms with E-state index in [1.165, 1.54) is 24.7 Å². The smallest absolute Gasteiger partial charge is 0.417 e. The number of piperidine rings is 1. The van der Waals surface area contributed by atoms with Crippen molar-refractivity contribution in [2.45, 2.75) is 55.8 Å². The summed E-state index contributed by atoms with van der Waals surface area (Å²) in [6.45, 7) is 2.13. The van der Waals surface area contributed by atoms with Gasteiger partial charge in [0.1, 0.15) is 0 Å². The third-order valence-electron chi connectivity index (χ3n) is 13.6. The molecule has 9 rings (SSSR count). The van der Waals surface area contributed by atoms with Crippen LogP contribution in [-0.2, 0) is 37.3 Å². The molecule has 1 aromatic heterocycles. The lowest BCUT2D eigenvalue weighted by Crippen LogP contribution is -2.53. The van der Waals surface area contributed by atoms with Gasteiger partial charge in [-0.25, -0.2) is 4.98 Å². The van der Waals surface area contributed by atoms with Gasteiger partial charge in [0, 0.05) is 42.8 Å². The monoisotopic (exact) mass is 903 g/mol. The quantitative estimate of drug-likeness (QED) is 0.126. The molecule has 4 amide bonds. The van der Waals surface area contributed by atoms with Crippen LogP contribution in [-0.4, -0.2) is 81.9 Å². The number of hydrogen-bond donors (Lipinski definition) is 2. The number of anilines is 1. The molecule has 17 heteroatoms. The van der Waals surface area contributed by atoms with Gasteiger partial charge in [-0.05, 0) is 78.6 Å². The number of alkyl halides is 3. The molecule has 3 saturated heterocycles. The van der Waals surface area contributed by atoms with Crippen LogP contribution in [0.3, 0.4) is 0 Å². The zero-order chi connectivity index (χ0) is 44.5. The number of likely N-dealkylation sites (tertiary alicyclic amines) is 2. The van der Waals surface area contributed by atoms with Crippen LogP contribution in [0.2, 0.25) is 10.0 Å². The van der Waals surface area contributed by atoms with Crippen molar-refractivity contribution >= 4 is 52.6 Å². The molecule has 4 aromatic rings. The van der Waals surface area contributed by atoms with E-state index in [1.807, 2.05) is 24.3 Å². The van der Waals surface area contributed by atoms with Crippen LogP contribution >= 0.6 is 23.2 Å². The highest BCUT2D eigenvalue weighted by Gasteiger charge is 2.70. The van der Waals surface area contributed by atoms with Crippen LogP contribution in [0.15, 0.2) is 90.6 Å². The number of imide groups is 2. The Bertz CT molecular complexity index is 2510. The normalized spacial score (nSPS) is 26.3. The van der Waals surface area contributed by atoms with E-state index < -0.39 is 63.6 Å². The van der Waals surface area contributed by atoms with E-state index in [0.717, 1.165) is 11.6 Å². The predicted molar refractivity (Wildman–Crippen MR) is 225 cm³/mol. The number of phenols is 1. The highest BCUT2D eigenvalue weighted by molar-refractivity contribution is 6.33. The van der Waals surface area contributed by atoms with Crippen molar-refractivity contribution in [1.29, 1.82) is 0 Å². The lowest BCUT2D eigenvalue weighted by Gasteiger charge is -2.50. The maximum atomic E-state index is 15.6. The topological polar surface area (TPSA) is 142 Å². The average molecular weight is 905 g/mol. The van der Waals surface area contributed by atoms with E-state index >= 15 is 9.59 Å². The van der Waals surface area contributed by atoms with Gasteiger partial charge in [0.2, 0.25) is 17.6 Å². The summed E-state index contributed by atoms with van der Waals surface area (Å²) < 4.78 is 52.0. The number of carbonyl (C=O) groups is 4. The standard InChI is InChI=1S/C46H42Cl2F3N5O7/c1-62-35-18-25(19-36(63-2)39(35)57)38-30-12-13-31-37(43(60)55(41(31)58)29-14-16-54(17-15-29)23-24-6-4-3-5-7-24)32(30)21-33-42(59)56(44(61)45(33,38)26-8-10-28(47)11-9-26)53-40-34(48)20-27(22-52-40)46(49,50)51/h3-12,18-20,22,29,31-33,37-38,57H,13-17,21,23H2,1-2H3,(H,52,53). The van der Waals surface area contributed by atoms with Gasteiger partial charge in [0.05, 0.1) is 48.0 Å². The Morgan fingerprint density at radius 3 is 2.17 bits per heavy atom. The fraction of sp³-hybridized carbons (Fsp3) is 0.370. The van der Waals surface area contributed by atoms with Gasteiger partial charge in [-0.15, -0.1) is 0 Å². The second kappa shape index (κ2) is 16.2. The molecule has 0 bridgehead atoms. The van der Waals surface area contributed by atoms with E-state index in [2.05, 4.69) is 27.4 Å². The fourth-order valence-electron chi connectivity index (χ4n) is 10.8.